The van der Waals surface area contributed by atoms with Gasteiger partial charge in [0.2, 0.25) is 0 Å². The third-order valence-electron chi connectivity index (χ3n) is 8.42. The maximum Gasteiger partial charge on any atom is 0.171 e. The van der Waals surface area contributed by atoms with Crippen molar-refractivity contribution in [3.63, 3.8) is 0 Å². The third-order valence-corrected chi connectivity index (χ3v) is 14.6. The first kappa shape index (κ1) is 40.6. The van der Waals surface area contributed by atoms with E-state index in [1.165, 1.54) is 48.5 Å². The molecular formula is C48H42O6P2. The molecule has 8 aromatic rings. The summed E-state index contributed by atoms with van der Waals surface area (Å²) in [5.41, 5.74) is 0. The molecule has 0 saturated heterocycles. The lowest BCUT2D eigenvalue weighted by Gasteiger charge is -2.19. The van der Waals surface area contributed by atoms with Crippen molar-refractivity contribution in [2.45, 2.75) is 0 Å². The molecule has 0 aliphatic carbocycles. The van der Waals surface area contributed by atoms with Crippen LogP contribution >= 0.6 is 14.3 Å². The molecule has 56 heavy (non-hydrogen) atoms. The van der Waals surface area contributed by atoms with Gasteiger partial charge in [0, 0.05) is 31.8 Å². The monoisotopic (exact) mass is 776 g/mol. The molecule has 8 rings (SSSR count). The Labute approximate surface area is 328 Å². The summed E-state index contributed by atoms with van der Waals surface area (Å²) in [5, 5.41) is 39.8. The molecule has 0 heterocycles. The molecule has 0 atom stereocenters. The molecule has 0 aliphatic rings. The van der Waals surface area contributed by atoms with Gasteiger partial charge in [-0.3, -0.25) is 0 Å². The van der Waals surface area contributed by atoms with E-state index in [0.29, 0.717) is 0 Å². The molecule has 0 aromatic heterocycles. The molecule has 6 nitrogen and oxygen atoms in total. The van der Waals surface area contributed by atoms with Gasteiger partial charge in [-0.2, -0.15) is 0 Å². The highest BCUT2D eigenvalue weighted by Gasteiger charge is 2.30. The van der Waals surface area contributed by atoms with Gasteiger partial charge in [0.1, 0.15) is 23.0 Å². The lowest BCUT2D eigenvalue weighted by molar-refractivity contribution is 0.460. The number of phenolic OH excluding ortho intramolecular Hbond substituents is 4. The molecule has 0 amide bonds. The fourth-order valence-electron chi connectivity index (χ4n) is 5.63. The van der Waals surface area contributed by atoms with Crippen LogP contribution in [0.1, 0.15) is 0 Å². The zero-order valence-electron chi connectivity index (χ0n) is 30.4. The molecule has 0 radical (unpaired) electrons. The molecule has 0 bridgehead atoms. The zero-order valence-corrected chi connectivity index (χ0v) is 32.2. The molecule has 8 aromatic carbocycles. The summed E-state index contributed by atoms with van der Waals surface area (Å²) < 4.78 is 27.6. The van der Waals surface area contributed by atoms with Gasteiger partial charge in [0.15, 0.2) is 14.3 Å². The standard InChI is InChI=1S/2C18H15OP.2C6H6O2/c2*19-20(16-10-4-1-5-11-16,17-12-6-2-7-13-17)18-14-8-3-9-15-18;2*7-5-1-2-6(8)4-3-5/h2*1-15H;2*1-4,7-8H. The molecule has 0 spiro atoms. The van der Waals surface area contributed by atoms with E-state index in [1.807, 2.05) is 182 Å². The SMILES string of the molecule is O=P(c1ccccc1)(c1ccccc1)c1ccccc1.O=P(c1ccccc1)(c1ccccc1)c1ccccc1.Oc1ccc(O)cc1.Oc1ccc(O)cc1. The van der Waals surface area contributed by atoms with Crippen molar-refractivity contribution < 1.29 is 29.6 Å². The van der Waals surface area contributed by atoms with Crippen molar-refractivity contribution >= 4 is 46.1 Å². The number of hydrogen-bond acceptors (Lipinski definition) is 6. The molecule has 4 N–H and O–H groups in total. The summed E-state index contributed by atoms with van der Waals surface area (Å²) in [7, 11) is -5.55. The first-order chi connectivity index (χ1) is 27.2. The quantitative estimate of drug-likeness (QED) is 0.0992. The Bertz CT molecular complexity index is 1990. The third kappa shape index (κ3) is 10.8. The maximum absolute atomic E-state index is 13.8. The smallest absolute Gasteiger partial charge is 0.171 e. The highest BCUT2D eigenvalue weighted by atomic mass is 31.2. The highest BCUT2D eigenvalue weighted by Crippen LogP contribution is 2.43. The minimum atomic E-state index is -2.78. The maximum atomic E-state index is 13.8. The van der Waals surface area contributed by atoms with E-state index in [2.05, 4.69) is 0 Å². The van der Waals surface area contributed by atoms with Crippen LogP contribution in [0.4, 0.5) is 0 Å². The van der Waals surface area contributed by atoms with Crippen LogP contribution in [0, 0.1) is 0 Å². The second-order valence-electron chi connectivity index (χ2n) is 12.3. The molecule has 0 fully saturated rings. The minimum Gasteiger partial charge on any atom is -0.508 e. The lowest BCUT2D eigenvalue weighted by Crippen LogP contribution is -2.24. The fraction of sp³-hybridized carbons (Fsp3) is 0. The minimum absolute atomic E-state index is 0.169. The predicted octanol–water partition coefficient (Wildman–Crippen LogP) is 8.85. The fourth-order valence-corrected chi connectivity index (χ4v) is 11.0. The van der Waals surface area contributed by atoms with Crippen molar-refractivity contribution in [3.05, 3.63) is 231 Å². The van der Waals surface area contributed by atoms with Crippen molar-refractivity contribution in [1.29, 1.82) is 0 Å². The van der Waals surface area contributed by atoms with Gasteiger partial charge in [0.05, 0.1) is 0 Å². The number of hydrogen-bond donors (Lipinski definition) is 4. The summed E-state index contributed by atoms with van der Waals surface area (Å²) in [5.74, 6) is 0.677. The van der Waals surface area contributed by atoms with Crippen LogP contribution in [-0.4, -0.2) is 20.4 Å². The van der Waals surface area contributed by atoms with Crippen LogP contribution in [0.2, 0.25) is 0 Å². The van der Waals surface area contributed by atoms with Crippen LogP contribution in [0.5, 0.6) is 23.0 Å². The first-order valence-corrected chi connectivity index (χ1v) is 21.1. The van der Waals surface area contributed by atoms with E-state index in [4.69, 9.17) is 20.4 Å². The average Bonchev–Trinajstić information content (AvgIpc) is 3.27. The molecule has 0 unspecified atom stereocenters. The van der Waals surface area contributed by atoms with Gasteiger partial charge in [-0.25, -0.2) is 0 Å². The Kier molecular flexibility index (Phi) is 14.6. The van der Waals surface area contributed by atoms with Gasteiger partial charge in [-0.1, -0.05) is 182 Å². The van der Waals surface area contributed by atoms with Crippen LogP contribution in [-0.2, 0) is 9.13 Å². The van der Waals surface area contributed by atoms with E-state index in [9.17, 15) is 9.13 Å². The summed E-state index contributed by atoms with van der Waals surface area (Å²) in [4.78, 5) is 0. The van der Waals surface area contributed by atoms with Crippen LogP contribution in [0.15, 0.2) is 231 Å². The topological polar surface area (TPSA) is 115 Å². The Morgan fingerprint density at radius 1 is 0.214 bits per heavy atom. The Balaban J connectivity index is 0.000000156. The number of phenols is 4. The van der Waals surface area contributed by atoms with Gasteiger partial charge < -0.3 is 29.6 Å². The molecular weight excluding hydrogens is 734 g/mol. The van der Waals surface area contributed by atoms with Crippen LogP contribution in [0.25, 0.3) is 0 Å². The van der Waals surface area contributed by atoms with Gasteiger partial charge in [0.25, 0.3) is 0 Å². The molecule has 0 aliphatic heterocycles. The van der Waals surface area contributed by atoms with E-state index in [-0.39, 0.29) is 23.0 Å². The van der Waals surface area contributed by atoms with Crippen LogP contribution in [0.3, 0.4) is 0 Å². The number of aromatic hydroxyl groups is 4. The average molecular weight is 777 g/mol. The van der Waals surface area contributed by atoms with Crippen molar-refractivity contribution in [2.75, 3.05) is 0 Å². The number of rotatable bonds is 6. The summed E-state index contributed by atoms with van der Waals surface area (Å²) in [6, 6.07) is 69.7. The summed E-state index contributed by atoms with van der Waals surface area (Å²) in [6.07, 6.45) is 0. The Morgan fingerprint density at radius 2 is 0.339 bits per heavy atom. The largest absolute Gasteiger partial charge is 0.508 e. The van der Waals surface area contributed by atoms with E-state index >= 15 is 0 Å². The highest BCUT2D eigenvalue weighted by molar-refractivity contribution is 7.85. The van der Waals surface area contributed by atoms with Crippen molar-refractivity contribution in [1.82, 2.24) is 0 Å². The zero-order chi connectivity index (χ0) is 39.6. The van der Waals surface area contributed by atoms with E-state index in [1.54, 1.807) is 0 Å². The molecule has 280 valence electrons. The summed E-state index contributed by atoms with van der Waals surface area (Å²) in [6.45, 7) is 0. The number of benzene rings is 8. The van der Waals surface area contributed by atoms with Crippen LogP contribution < -0.4 is 31.8 Å². The second-order valence-corrected chi connectivity index (χ2v) is 17.8. The van der Waals surface area contributed by atoms with E-state index < -0.39 is 14.3 Å². The van der Waals surface area contributed by atoms with Gasteiger partial charge in [-0.15, -0.1) is 0 Å². The van der Waals surface area contributed by atoms with E-state index in [0.717, 1.165) is 31.8 Å². The molecule has 8 heteroatoms. The predicted molar refractivity (Wildman–Crippen MR) is 231 cm³/mol. The Morgan fingerprint density at radius 3 is 0.464 bits per heavy atom. The summed E-state index contributed by atoms with van der Waals surface area (Å²) >= 11 is 0. The second kappa shape index (κ2) is 20.2. The van der Waals surface area contributed by atoms with Gasteiger partial charge in [-0.05, 0) is 48.5 Å². The van der Waals surface area contributed by atoms with Crippen molar-refractivity contribution in [3.8, 4) is 23.0 Å². The van der Waals surface area contributed by atoms with Crippen molar-refractivity contribution in [2.24, 2.45) is 0 Å². The normalized spacial score (nSPS) is 10.6. The van der Waals surface area contributed by atoms with Gasteiger partial charge >= 0.3 is 0 Å². The lowest BCUT2D eigenvalue weighted by atomic mass is 10.3. The Hall–Kier alpha value is -6.58. The molecule has 0 saturated carbocycles. The first-order valence-electron chi connectivity index (χ1n) is 17.7.